The average molecular weight is 553 g/mol. The van der Waals surface area contributed by atoms with Crippen LogP contribution in [0.3, 0.4) is 0 Å². The Hall–Kier alpha value is -4.53. The third-order valence-electron chi connectivity index (χ3n) is 7.99. The smallest absolute Gasteiger partial charge is 0.405 e. The van der Waals surface area contributed by atoms with Crippen LogP contribution in [-0.4, -0.2) is 36.9 Å². The van der Waals surface area contributed by atoms with Gasteiger partial charge in [0.1, 0.15) is 12.2 Å². The van der Waals surface area contributed by atoms with Gasteiger partial charge in [-0.05, 0) is 69.6 Å². The molecule has 0 bridgehead atoms. The maximum atomic E-state index is 13.0. The van der Waals surface area contributed by atoms with Crippen molar-refractivity contribution < 1.29 is 14.7 Å². The Bertz CT molecular complexity index is 1510. The van der Waals surface area contributed by atoms with E-state index < -0.39 is 11.6 Å². The number of rotatable bonds is 8. The topological polar surface area (TPSA) is 122 Å². The molecule has 212 valence electrons. The van der Waals surface area contributed by atoms with E-state index in [0.717, 1.165) is 59.5 Å². The average Bonchev–Trinajstić information content (AvgIpc) is 3.39. The number of benzene rings is 2. The number of carbonyl (C=O) groups is 2. The number of pyridine rings is 1. The van der Waals surface area contributed by atoms with Crippen LogP contribution >= 0.6 is 0 Å². The second-order valence-corrected chi connectivity index (χ2v) is 11.3. The summed E-state index contributed by atoms with van der Waals surface area (Å²) >= 11 is 0. The molecule has 3 N–H and O–H groups in total. The summed E-state index contributed by atoms with van der Waals surface area (Å²) in [4.78, 5) is 29.0. The molecule has 4 aromatic rings. The van der Waals surface area contributed by atoms with Gasteiger partial charge in [-0.1, -0.05) is 54.6 Å². The molecular weight excluding hydrogens is 516 g/mol. The van der Waals surface area contributed by atoms with Crippen molar-refractivity contribution >= 4 is 17.7 Å². The van der Waals surface area contributed by atoms with Crippen LogP contribution in [-0.2, 0) is 10.3 Å². The second-order valence-electron chi connectivity index (χ2n) is 11.3. The van der Waals surface area contributed by atoms with Crippen molar-refractivity contribution in [1.82, 2.24) is 25.1 Å². The number of nitrogens with zero attached hydrogens (tertiary/aromatic N) is 4. The molecular formula is C32H36N6O3. The highest BCUT2D eigenvalue weighted by Crippen LogP contribution is 2.36. The van der Waals surface area contributed by atoms with Gasteiger partial charge in [0.05, 0.1) is 23.1 Å². The molecule has 5 rings (SSSR count). The summed E-state index contributed by atoms with van der Waals surface area (Å²) in [5.74, 6) is 1.29. The molecule has 41 heavy (non-hydrogen) atoms. The van der Waals surface area contributed by atoms with Crippen LogP contribution in [0.5, 0.6) is 0 Å². The standard InChI is InChI=1S/C32H36N6O3/c1-21-37-34-20-38(21)27-15-9-22(10-16-27)17-29(39)35-26-18-28(23-7-5-4-6-8-23)30(33-19-26)24-11-13-25(14-12-24)32(2,3)36-31(40)41/h4-8,11-14,18-20,22,27,36H,9-10,15-17H2,1-3H3,(H,35,39)(H,40,41). The molecule has 0 atom stereocenters. The molecule has 0 saturated heterocycles. The Labute approximate surface area is 240 Å². The first-order chi connectivity index (χ1) is 19.7. The lowest BCUT2D eigenvalue weighted by Gasteiger charge is -2.29. The lowest BCUT2D eigenvalue weighted by Crippen LogP contribution is -2.39. The zero-order valence-electron chi connectivity index (χ0n) is 23.7. The van der Waals surface area contributed by atoms with Gasteiger partial charge >= 0.3 is 6.09 Å². The lowest BCUT2D eigenvalue weighted by molar-refractivity contribution is -0.117. The molecule has 1 aliphatic carbocycles. The van der Waals surface area contributed by atoms with Gasteiger partial charge in [0, 0.05) is 23.6 Å². The number of aromatic nitrogens is 4. The molecule has 0 radical (unpaired) electrons. The molecule has 1 fully saturated rings. The van der Waals surface area contributed by atoms with Gasteiger partial charge in [-0.3, -0.25) is 9.78 Å². The van der Waals surface area contributed by atoms with E-state index in [2.05, 4.69) is 25.4 Å². The highest BCUT2D eigenvalue weighted by atomic mass is 16.4. The Morgan fingerprint density at radius 1 is 1.00 bits per heavy atom. The Morgan fingerprint density at radius 3 is 2.34 bits per heavy atom. The number of anilines is 1. The van der Waals surface area contributed by atoms with Crippen molar-refractivity contribution in [3.8, 4) is 22.4 Å². The fourth-order valence-electron chi connectivity index (χ4n) is 5.75. The Morgan fingerprint density at radius 2 is 1.71 bits per heavy atom. The fraction of sp³-hybridized carbons (Fsp3) is 0.344. The number of hydrogen-bond acceptors (Lipinski definition) is 5. The maximum absolute atomic E-state index is 13.0. The van der Waals surface area contributed by atoms with E-state index in [1.54, 1.807) is 12.5 Å². The highest BCUT2D eigenvalue weighted by Gasteiger charge is 2.26. The van der Waals surface area contributed by atoms with Crippen LogP contribution in [0.4, 0.5) is 10.5 Å². The molecule has 0 aliphatic heterocycles. The van der Waals surface area contributed by atoms with E-state index in [-0.39, 0.29) is 5.91 Å². The largest absolute Gasteiger partial charge is 0.465 e. The van der Waals surface area contributed by atoms with Gasteiger partial charge in [0.25, 0.3) is 0 Å². The molecule has 0 spiro atoms. The summed E-state index contributed by atoms with van der Waals surface area (Å²) in [7, 11) is 0. The normalized spacial score (nSPS) is 17.1. The molecule has 2 aromatic heterocycles. The summed E-state index contributed by atoms with van der Waals surface area (Å²) < 4.78 is 2.15. The van der Waals surface area contributed by atoms with E-state index in [4.69, 9.17) is 4.98 Å². The summed E-state index contributed by atoms with van der Waals surface area (Å²) in [5.41, 5.74) is 4.36. The van der Waals surface area contributed by atoms with E-state index in [9.17, 15) is 14.7 Å². The minimum Gasteiger partial charge on any atom is -0.465 e. The number of amides is 2. The quantitative estimate of drug-likeness (QED) is 0.227. The predicted molar refractivity (Wildman–Crippen MR) is 158 cm³/mol. The van der Waals surface area contributed by atoms with Gasteiger partial charge in [-0.2, -0.15) is 0 Å². The van der Waals surface area contributed by atoms with Crippen LogP contribution in [0.2, 0.25) is 0 Å². The van der Waals surface area contributed by atoms with Crippen molar-refractivity contribution in [3.63, 3.8) is 0 Å². The van der Waals surface area contributed by atoms with E-state index >= 15 is 0 Å². The second kappa shape index (κ2) is 11.9. The van der Waals surface area contributed by atoms with Gasteiger partial charge in [0.15, 0.2) is 0 Å². The van der Waals surface area contributed by atoms with Gasteiger partial charge in [0.2, 0.25) is 5.91 Å². The molecule has 1 saturated carbocycles. The first-order valence-corrected chi connectivity index (χ1v) is 14.0. The van der Waals surface area contributed by atoms with Crippen LogP contribution in [0.15, 0.2) is 73.2 Å². The van der Waals surface area contributed by atoms with Crippen LogP contribution < -0.4 is 10.6 Å². The third-order valence-corrected chi connectivity index (χ3v) is 7.99. The Kier molecular flexibility index (Phi) is 8.14. The third kappa shape index (κ3) is 6.62. The summed E-state index contributed by atoms with van der Waals surface area (Å²) in [6.45, 7) is 5.63. The lowest BCUT2D eigenvalue weighted by atomic mass is 9.84. The first kappa shape index (κ1) is 28.0. The van der Waals surface area contributed by atoms with Crippen LogP contribution in [0.1, 0.15) is 63.4 Å². The van der Waals surface area contributed by atoms with Crippen molar-refractivity contribution in [2.24, 2.45) is 5.92 Å². The molecule has 2 amide bonds. The first-order valence-electron chi connectivity index (χ1n) is 14.0. The SMILES string of the molecule is Cc1nncn1C1CCC(CC(=O)Nc2cnc(-c3ccc(C(C)(C)NC(=O)O)cc3)c(-c3ccccc3)c2)CC1. The number of nitrogens with one attached hydrogen (secondary N) is 2. The van der Waals surface area contributed by atoms with E-state index in [0.29, 0.717) is 24.1 Å². The monoisotopic (exact) mass is 552 g/mol. The molecule has 1 aliphatic rings. The van der Waals surface area contributed by atoms with Crippen molar-refractivity contribution in [2.75, 3.05) is 5.32 Å². The molecule has 9 nitrogen and oxygen atoms in total. The van der Waals surface area contributed by atoms with Crippen LogP contribution in [0.25, 0.3) is 22.4 Å². The zero-order chi connectivity index (χ0) is 29.0. The van der Waals surface area contributed by atoms with Crippen molar-refractivity contribution in [3.05, 3.63) is 84.6 Å². The number of aryl methyl sites for hydroxylation is 1. The number of hydrogen-bond donors (Lipinski definition) is 3. The predicted octanol–water partition coefficient (Wildman–Crippen LogP) is 6.58. The minimum atomic E-state index is -1.07. The van der Waals surface area contributed by atoms with E-state index in [1.807, 2.05) is 81.4 Å². The molecule has 2 heterocycles. The van der Waals surface area contributed by atoms with Gasteiger partial charge < -0.3 is 20.3 Å². The zero-order valence-corrected chi connectivity index (χ0v) is 23.7. The minimum absolute atomic E-state index is 0.00000422. The molecule has 2 aromatic carbocycles. The van der Waals surface area contributed by atoms with Crippen LogP contribution in [0, 0.1) is 12.8 Å². The maximum Gasteiger partial charge on any atom is 0.405 e. The fourth-order valence-corrected chi connectivity index (χ4v) is 5.75. The van der Waals surface area contributed by atoms with Gasteiger partial charge in [-0.15, -0.1) is 10.2 Å². The van der Waals surface area contributed by atoms with E-state index in [1.165, 1.54) is 0 Å². The molecule has 9 heteroatoms. The summed E-state index contributed by atoms with van der Waals surface area (Å²) in [6, 6.07) is 20.1. The number of carbonyl (C=O) groups excluding carboxylic acids is 1. The number of carboxylic acid groups (broad SMARTS) is 1. The molecule has 0 unspecified atom stereocenters. The van der Waals surface area contributed by atoms with Crippen molar-refractivity contribution in [2.45, 2.75) is 64.5 Å². The van der Waals surface area contributed by atoms with Gasteiger partial charge in [-0.25, -0.2) is 4.79 Å². The highest BCUT2D eigenvalue weighted by molar-refractivity contribution is 5.93. The van der Waals surface area contributed by atoms with Crippen molar-refractivity contribution in [1.29, 1.82) is 0 Å². The Balaban J connectivity index is 1.30. The summed E-state index contributed by atoms with van der Waals surface area (Å²) in [6.07, 6.45) is 6.96. The summed E-state index contributed by atoms with van der Waals surface area (Å²) in [5, 5.41) is 22.9.